The lowest BCUT2D eigenvalue weighted by molar-refractivity contribution is -0.384. The number of carbonyl (C=O) groups is 1. The molecule has 1 rings (SSSR count). The molecule has 0 fully saturated rings. The van der Waals surface area contributed by atoms with Gasteiger partial charge in [-0.15, -0.1) is 0 Å². The first-order chi connectivity index (χ1) is 9.60. The van der Waals surface area contributed by atoms with E-state index in [1.807, 2.05) is 13.2 Å². The lowest BCUT2D eigenvalue weighted by Crippen LogP contribution is -2.22. The first-order valence-electron chi connectivity index (χ1n) is 6.39. The van der Waals surface area contributed by atoms with Crippen molar-refractivity contribution >= 4 is 29.0 Å². The number of rotatable bonds is 8. The van der Waals surface area contributed by atoms with Crippen LogP contribution in [0.2, 0.25) is 0 Å². The molecule has 0 unspecified atom stereocenters. The highest BCUT2D eigenvalue weighted by atomic mass is 32.2. The van der Waals surface area contributed by atoms with Gasteiger partial charge in [0.2, 0.25) is 0 Å². The summed E-state index contributed by atoms with van der Waals surface area (Å²) in [6, 6.07) is 4.36. The summed E-state index contributed by atoms with van der Waals surface area (Å²) in [5.41, 5.74) is 0.798. The van der Waals surface area contributed by atoms with Crippen LogP contribution in [0.3, 0.4) is 0 Å². The van der Waals surface area contributed by atoms with Crippen molar-refractivity contribution in [3.05, 3.63) is 33.9 Å². The normalized spacial score (nSPS) is 10.1. The number of thioether (sulfide) groups is 1. The molecule has 0 radical (unpaired) electrons. The number of nitro benzene ring substituents is 1. The maximum atomic E-state index is 11.7. The van der Waals surface area contributed by atoms with Crippen LogP contribution in [0.5, 0.6) is 0 Å². The highest BCUT2D eigenvalue weighted by Gasteiger charge is 2.16. The van der Waals surface area contributed by atoms with Crippen molar-refractivity contribution in [1.29, 1.82) is 0 Å². The third-order valence-electron chi connectivity index (χ3n) is 2.63. The summed E-state index contributed by atoms with van der Waals surface area (Å²) >= 11 is 1.72. The van der Waals surface area contributed by atoms with Crippen LogP contribution in [0.1, 0.15) is 23.7 Å². The Morgan fingerprint density at radius 3 is 2.80 bits per heavy atom. The standard InChI is InChI=1S/C13H19N3O3S/c1-3-14-13(17)10-5-6-12(16(18)19)11(9-10)15-7-4-8-20-2/h5-6,9,15H,3-4,7-8H2,1-2H3,(H,14,17). The minimum Gasteiger partial charge on any atom is -0.379 e. The zero-order chi connectivity index (χ0) is 15.0. The lowest BCUT2D eigenvalue weighted by Gasteiger charge is -2.09. The van der Waals surface area contributed by atoms with E-state index in [4.69, 9.17) is 0 Å². The van der Waals surface area contributed by atoms with Crippen LogP contribution in [0, 0.1) is 10.1 Å². The topological polar surface area (TPSA) is 84.3 Å². The molecule has 0 atom stereocenters. The summed E-state index contributed by atoms with van der Waals surface area (Å²) < 4.78 is 0. The Hall–Kier alpha value is -1.76. The van der Waals surface area contributed by atoms with E-state index < -0.39 is 4.92 Å². The van der Waals surface area contributed by atoms with E-state index >= 15 is 0 Å². The molecule has 110 valence electrons. The molecule has 0 aliphatic carbocycles. The zero-order valence-corrected chi connectivity index (χ0v) is 12.5. The van der Waals surface area contributed by atoms with Gasteiger partial charge in [0.05, 0.1) is 4.92 Å². The first kappa shape index (κ1) is 16.3. The molecule has 0 spiro atoms. The van der Waals surface area contributed by atoms with E-state index in [9.17, 15) is 14.9 Å². The largest absolute Gasteiger partial charge is 0.379 e. The first-order valence-corrected chi connectivity index (χ1v) is 7.79. The molecule has 0 aliphatic heterocycles. The van der Waals surface area contributed by atoms with Gasteiger partial charge in [-0.25, -0.2) is 0 Å². The molecule has 0 heterocycles. The number of hydrogen-bond donors (Lipinski definition) is 2. The predicted octanol–water partition coefficient (Wildman–Crippen LogP) is 2.51. The third-order valence-corrected chi connectivity index (χ3v) is 3.33. The zero-order valence-electron chi connectivity index (χ0n) is 11.6. The van der Waals surface area contributed by atoms with Gasteiger partial charge in [0.1, 0.15) is 5.69 Å². The maximum Gasteiger partial charge on any atom is 0.292 e. The molecule has 0 saturated heterocycles. The van der Waals surface area contributed by atoms with Gasteiger partial charge in [-0.05, 0) is 37.5 Å². The van der Waals surface area contributed by atoms with Crippen molar-refractivity contribution in [3.63, 3.8) is 0 Å². The van der Waals surface area contributed by atoms with Gasteiger partial charge in [0.25, 0.3) is 11.6 Å². The number of amides is 1. The number of carbonyl (C=O) groups excluding carboxylic acids is 1. The average molecular weight is 297 g/mol. The molecule has 0 saturated carbocycles. The fourth-order valence-electron chi connectivity index (χ4n) is 1.68. The predicted molar refractivity (Wildman–Crippen MR) is 82.6 cm³/mol. The van der Waals surface area contributed by atoms with Crippen LogP contribution < -0.4 is 10.6 Å². The van der Waals surface area contributed by atoms with Crippen molar-refractivity contribution < 1.29 is 9.72 Å². The Kier molecular flexibility index (Phi) is 6.86. The summed E-state index contributed by atoms with van der Waals surface area (Å²) in [4.78, 5) is 22.3. The molecule has 1 aromatic rings. The van der Waals surface area contributed by atoms with E-state index in [0.717, 1.165) is 12.2 Å². The SMILES string of the molecule is CCNC(=O)c1ccc([N+](=O)[O-])c(NCCCSC)c1. The van der Waals surface area contributed by atoms with Gasteiger partial charge in [-0.2, -0.15) is 11.8 Å². The lowest BCUT2D eigenvalue weighted by atomic mass is 10.1. The Morgan fingerprint density at radius 2 is 2.20 bits per heavy atom. The van der Waals surface area contributed by atoms with Crippen molar-refractivity contribution in [1.82, 2.24) is 5.32 Å². The summed E-state index contributed by atoms with van der Waals surface area (Å²) in [6.45, 7) is 2.98. The quantitative estimate of drug-likeness (QED) is 0.437. The summed E-state index contributed by atoms with van der Waals surface area (Å²) in [6.07, 6.45) is 2.92. The van der Waals surface area contributed by atoms with E-state index in [-0.39, 0.29) is 11.6 Å². The summed E-state index contributed by atoms with van der Waals surface area (Å²) in [5.74, 6) is 0.756. The summed E-state index contributed by atoms with van der Waals surface area (Å²) in [5, 5.41) is 16.7. The number of nitro groups is 1. The van der Waals surface area contributed by atoms with E-state index in [1.54, 1.807) is 11.8 Å². The van der Waals surface area contributed by atoms with Crippen molar-refractivity contribution in [2.24, 2.45) is 0 Å². The second kappa shape index (κ2) is 8.42. The van der Waals surface area contributed by atoms with Gasteiger partial charge in [-0.1, -0.05) is 0 Å². The van der Waals surface area contributed by atoms with E-state index in [2.05, 4.69) is 10.6 Å². The van der Waals surface area contributed by atoms with Crippen molar-refractivity contribution in [2.45, 2.75) is 13.3 Å². The molecule has 2 N–H and O–H groups in total. The Balaban J connectivity index is 2.88. The van der Waals surface area contributed by atoms with Crippen LogP contribution in [0.15, 0.2) is 18.2 Å². The second-order valence-electron chi connectivity index (χ2n) is 4.12. The fraction of sp³-hybridized carbons (Fsp3) is 0.462. The minimum atomic E-state index is -0.446. The molecule has 6 nitrogen and oxygen atoms in total. The highest BCUT2D eigenvalue weighted by molar-refractivity contribution is 7.98. The number of anilines is 1. The molecule has 1 aromatic carbocycles. The molecular formula is C13H19N3O3S. The number of hydrogen-bond acceptors (Lipinski definition) is 5. The molecule has 7 heteroatoms. The van der Waals surface area contributed by atoms with Gasteiger partial charge in [0, 0.05) is 24.7 Å². The fourth-order valence-corrected chi connectivity index (χ4v) is 2.11. The summed E-state index contributed by atoms with van der Waals surface area (Å²) in [7, 11) is 0. The van der Waals surface area contributed by atoms with E-state index in [1.165, 1.54) is 18.2 Å². The second-order valence-corrected chi connectivity index (χ2v) is 5.11. The number of nitrogens with one attached hydrogen (secondary N) is 2. The third kappa shape index (κ3) is 4.73. The molecular weight excluding hydrogens is 278 g/mol. The smallest absolute Gasteiger partial charge is 0.292 e. The van der Waals surface area contributed by atoms with Crippen molar-refractivity contribution in [2.75, 3.05) is 30.4 Å². The molecule has 0 bridgehead atoms. The Morgan fingerprint density at radius 1 is 1.45 bits per heavy atom. The van der Waals surface area contributed by atoms with Crippen LogP contribution in [0.25, 0.3) is 0 Å². The highest BCUT2D eigenvalue weighted by Crippen LogP contribution is 2.25. The van der Waals surface area contributed by atoms with Crippen LogP contribution >= 0.6 is 11.8 Å². The van der Waals surface area contributed by atoms with Crippen LogP contribution in [0.4, 0.5) is 11.4 Å². The monoisotopic (exact) mass is 297 g/mol. The maximum absolute atomic E-state index is 11.7. The van der Waals surface area contributed by atoms with Crippen molar-refractivity contribution in [3.8, 4) is 0 Å². The van der Waals surface area contributed by atoms with E-state index in [0.29, 0.717) is 24.3 Å². The Labute approximate surface area is 122 Å². The minimum absolute atomic E-state index is 0.0119. The van der Waals surface area contributed by atoms with Crippen LogP contribution in [-0.4, -0.2) is 35.9 Å². The van der Waals surface area contributed by atoms with Gasteiger partial charge in [-0.3, -0.25) is 14.9 Å². The molecule has 1 amide bonds. The molecule has 0 aromatic heterocycles. The number of nitrogens with zero attached hydrogens (tertiary/aromatic N) is 1. The van der Waals surface area contributed by atoms with Gasteiger partial charge >= 0.3 is 0 Å². The molecule has 0 aliphatic rings. The van der Waals surface area contributed by atoms with Crippen LogP contribution in [-0.2, 0) is 0 Å². The van der Waals surface area contributed by atoms with Gasteiger partial charge < -0.3 is 10.6 Å². The van der Waals surface area contributed by atoms with Gasteiger partial charge in [0.15, 0.2) is 0 Å². The Bertz CT molecular complexity index is 480. The number of benzene rings is 1. The molecule has 20 heavy (non-hydrogen) atoms. The average Bonchev–Trinajstić information content (AvgIpc) is 2.43.